The topological polar surface area (TPSA) is 52.6 Å². The van der Waals surface area contributed by atoms with E-state index < -0.39 is 11.9 Å². The van der Waals surface area contributed by atoms with E-state index in [2.05, 4.69) is 13.7 Å². The Morgan fingerprint density at radius 2 is 2.00 bits per heavy atom. The summed E-state index contributed by atoms with van der Waals surface area (Å²) in [5.41, 5.74) is 0. The van der Waals surface area contributed by atoms with E-state index >= 15 is 0 Å². The van der Waals surface area contributed by atoms with Crippen molar-refractivity contribution < 1.29 is 17.4 Å². The number of terminal acetylenes is 1. The molecule has 0 aliphatic heterocycles. The Bertz CT molecular complexity index is 238. The van der Waals surface area contributed by atoms with Crippen LogP contribution < -0.4 is 0 Å². The van der Waals surface area contributed by atoms with Gasteiger partial charge in [0, 0.05) is 12.2 Å². The van der Waals surface area contributed by atoms with Gasteiger partial charge in [-0.15, -0.1) is 6.42 Å². The molecule has 4 nitrogen and oxygen atoms in total. The molecule has 0 rings (SSSR count). The Balaban J connectivity index is 3.77. The van der Waals surface area contributed by atoms with Crippen LogP contribution >= 0.6 is 23.0 Å². The minimum atomic E-state index is -0.672. The van der Waals surface area contributed by atoms with Crippen LogP contribution in [0, 0.1) is 12.3 Å². The Labute approximate surface area is 83.6 Å². The second-order valence-electron chi connectivity index (χ2n) is 1.54. The highest BCUT2D eigenvalue weighted by molar-refractivity contribution is 14.1. The van der Waals surface area contributed by atoms with Crippen LogP contribution in [0.5, 0.6) is 0 Å². The number of rotatable bonds is 3. The van der Waals surface area contributed by atoms with Gasteiger partial charge in [-0.1, -0.05) is 5.92 Å². The first-order valence-corrected chi connectivity index (χ1v) is 3.69. The lowest BCUT2D eigenvalue weighted by Crippen LogP contribution is -2.01. The van der Waals surface area contributed by atoms with Crippen molar-refractivity contribution in [3.63, 3.8) is 0 Å². The molecular weight excluding hydrogens is 275 g/mol. The van der Waals surface area contributed by atoms with Gasteiger partial charge in [-0.05, 0) is 0 Å². The molecule has 0 spiro atoms. The molecule has 0 atom stereocenters. The lowest BCUT2D eigenvalue weighted by Gasteiger charge is -1.92. The van der Waals surface area contributed by atoms with Gasteiger partial charge in [0.25, 0.3) is 0 Å². The highest BCUT2D eigenvalue weighted by Gasteiger charge is 1.97. The van der Waals surface area contributed by atoms with E-state index in [-0.39, 0.29) is 6.61 Å². The lowest BCUT2D eigenvalue weighted by molar-refractivity contribution is -0.136. The zero-order chi connectivity index (χ0) is 9.40. The highest BCUT2D eigenvalue weighted by Crippen LogP contribution is 1.89. The van der Waals surface area contributed by atoms with Crippen molar-refractivity contribution in [3.8, 4) is 12.3 Å². The van der Waals surface area contributed by atoms with Gasteiger partial charge in [-0.25, -0.2) is 9.59 Å². The van der Waals surface area contributed by atoms with E-state index in [4.69, 9.17) is 6.42 Å². The first-order chi connectivity index (χ1) is 5.70. The summed E-state index contributed by atoms with van der Waals surface area (Å²) in [5.74, 6) is 0.803. The largest absolute Gasteiger partial charge is 0.449 e. The predicted molar refractivity (Wildman–Crippen MR) is 49.0 cm³/mol. The molecule has 5 heteroatoms. The molecule has 0 aliphatic carbocycles. The average Bonchev–Trinajstić information content (AvgIpc) is 2.10. The fraction of sp³-hybridized carbons (Fsp3) is 0.143. The molecule has 0 saturated carbocycles. The van der Waals surface area contributed by atoms with Crippen LogP contribution in [-0.2, 0) is 17.4 Å². The maximum atomic E-state index is 10.6. The molecule has 0 radical (unpaired) electrons. The molecule has 0 heterocycles. The highest BCUT2D eigenvalue weighted by atomic mass is 127. The minimum absolute atomic E-state index is 0.109. The summed E-state index contributed by atoms with van der Waals surface area (Å²) in [7, 11) is 0. The number of halogens is 1. The fourth-order valence-corrected chi connectivity index (χ4v) is 0.470. The van der Waals surface area contributed by atoms with Gasteiger partial charge in [-0.2, -0.15) is 0 Å². The Hall–Kier alpha value is -1.03. The zero-order valence-electron chi connectivity index (χ0n) is 5.95. The summed E-state index contributed by atoms with van der Waals surface area (Å²) in [5, 5.41) is 0. The van der Waals surface area contributed by atoms with E-state index in [9.17, 15) is 9.59 Å². The van der Waals surface area contributed by atoms with Gasteiger partial charge >= 0.3 is 11.9 Å². The van der Waals surface area contributed by atoms with Crippen molar-refractivity contribution in [1.29, 1.82) is 0 Å². The van der Waals surface area contributed by atoms with Crippen LogP contribution in [0.15, 0.2) is 12.2 Å². The third-order valence-electron chi connectivity index (χ3n) is 0.729. The molecule has 0 aliphatic rings. The van der Waals surface area contributed by atoms with Crippen LogP contribution in [0.1, 0.15) is 0 Å². The van der Waals surface area contributed by atoms with Gasteiger partial charge in [0.1, 0.15) is 0 Å². The third-order valence-corrected chi connectivity index (χ3v) is 1.16. The van der Waals surface area contributed by atoms with E-state index in [1.807, 2.05) is 0 Å². The number of ether oxygens (including phenoxy) is 1. The number of carbonyl (C=O) groups excluding carboxylic acids is 2. The molecule has 0 unspecified atom stereocenters. The van der Waals surface area contributed by atoms with E-state index in [1.165, 1.54) is 23.0 Å². The van der Waals surface area contributed by atoms with E-state index in [0.717, 1.165) is 12.2 Å². The van der Waals surface area contributed by atoms with Gasteiger partial charge < -0.3 is 7.80 Å². The maximum absolute atomic E-state index is 10.6. The Kier molecular flexibility index (Phi) is 6.09. The van der Waals surface area contributed by atoms with Crippen LogP contribution in [0.2, 0.25) is 0 Å². The van der Waals surface area contributed by atoms with Gasteiger partial charge in [-0.3, -0.25) is 0 Å². The van der Waals surface area contributed by atoms with Gasteiger partial charge in [0.05, 0.1) is 0 Å². The summed E-state index contributed by atoms with van der Waals surface area (Å²) >= 11 is 1.40. The molecule has 0 aromatic heterocycles. The lowest BCUT2D eigenvalue weighted by atomic mass is 10.5. The molecule has 0 N–H and O–H groups in total. The van der Waals surface area contributed by atoms with Gasteiger partial charge in [0.15, 0.2) is 29.6 Å². The summed E-state index contributed by atoms with van der Waals surface area (Å²) in [6.07, 6.45) is 6.71. The van der Waals surface area contributed by atoms with Crippen molar-refractivity contribution in [2.75, 3.05) is 6.61 Å². The molecule has 0 aromatic carbocycles. The average molecular weight is 280 g/mol. The predicted octanol–water partition coefficient (Wildman–Crippen LogP) is 0.612. The summed E-state index contributed by atoms with van der Waals surface area (Å²) in [6, 6.07) is 0. The Morgan fingerprint density at radius 1 is 1.42 bits per heavy atom. The minimum Gasteiger partial charge on any atom is -0.449 e. The maximum Gasteiger partial charge on any atom is 0.340 e. The molecule has 64 valence electrons. The second kappa shape index (κ2) is 6.67. The smallest absolute Gasteiger partial charge is 0.340 e. The number of hydrogen-bond donors (Lipinski definition) is 0. The summed E-state index contributed by atoms with van der Waals surface area (Å²) in [4.78, 5) is 21.0. The Morgan fingerprint density at radius 3 is 2.50 bits per heavy atom. The van der Waals surface area contributed by atoms with E-state index in [1.54, 1.807) is 0 Å². The van der Waals surface area contributed by atoms with E-state index in [0.29, 0.717) is 0 Å². The molecule has 0 amide bonds. The monoisotopic (exact) mass is 280 g/mol. The molecule has 12 heavy (non-hydrogen) atoms. The standard InChI is InChI=1S/C7H5IO4/c1-2-5-11-6(9)3-4-7(10)12-8/h1,3-4H,5H2/b4-3+. The van der Waals surface area contributed by atoms with Crippen LogP contribution in [0.4, 0.5) is 0 Å². The summed E-state index contributed by atoms with van der Waals surface area (Å²) in [6.45, 7) is -0.109. The normalized spacial score (nSPS) is 9.00. The molecular formula is C7H5IO4. The third kappa shape index (κ3) is 5.73. The second-order valence-corrected chi connectivity index (χ2v) is 1.98. The first kappa shape index (κ1) is 11.0. The van der Waals surface area contributed by atoms with Crippen molar-refractivity contribution in [1.82, 2.24) is 0 Å². The summed E-state index contributed by atoms with van der Waals surface area (Å²) < 4.78 is 8.62. The van der Waals surface area contributed by atoms with Crippen molar-refractivity contribution in [2.24, 2.45) is 0 Å². The fourth-order valence-electron chi connectivity index (χ4n) is 0.323. The van der Waals surface area contributed by atoms with Gasteiger partial charge in [0.2, 0.25) is 0 Å². The van der Waals surface area contributed by atoms with Crippen LogP contribution in [0.3, 0.4) is 0 Å². The van der Waals surface area contributed by atoms with Crippen LogP contribution in [-0.4, -0.2) is 18.5 Å². The quantitative estimate of drug-likeness (QED) is 0.329. The van der Waals surface area contributed by atoms with Crippen molar-refractivity contribution in [2.45, 2.75) is 0 Å². The van der Waals surface area contributed by atoms with Crippen molar-refractivity contribution in [3.05, 3.63) is 12.2 Å². The first-order valence-electron chi connectivity index (χ1n) is 2.81. The molecule has 0 bridgehead atoms. The molecule has 0 saturated heterocycles. The van der Waals surface area contributed by atoms with Crippen LogP contribution in [0.25, 0.3) is 0 Å². The number of esters is 1. The SMILES string of the molecule is C#CCOC(=O)/C=C/C(=O)OI. The van der Waals surface area contributed by atoms with Crippen molar-refractivity contribution >= 4 is 34.9 Å². The zero-order valence-corrected chi connectivity index (χ0v) is 8.11. The molecule has 0 fully saturated rings. The number of hydrogen-bond acceptors (Lipinski definition) is 4. The molecule has 0 aromatic rings. The number of carbonyl (C=O) groups is 2.